The summed E-state index contributed by atoms with van der Waals surface area (Å²) in [6.07, 6.45) is -4.48. The maximum atomic E-state index is 13.1. The Kier molecular flexibility index (Phi) is 4.72. The summed E-state index contributed by atoms with van der Waals surface area (Å²) >= 11 is 2.04. The Morgan fingerprint density at radius 3 is 2.64 bits per heavy atom. The largest absolute Gasteiger partial charge is 0.461 e. The molecule has 2 heterocycles. The molecule has 0 saturated heterocycles. The zero-order chi connectivity index (χ0) is 18.2. The van der Waals surface area contributed by atoms with Crippen molar-refractivity contribution in [3.05, 3.63) is 57.4 Å². The number of alkyl halides is 3. The van der Waals surface area contributed by atoms with Gasteiger partial charge in [0, 0.05) is 5.56 Å². The third kappa shape index (κ3) is 3.35. The first-order valence-corrected chi connectivity index (χ1v) is 8.42. The minimum Gasteiger partial charge on any atom is -0.461 e. The van der Waals surface area contributed by atoms with Gasteiger partial charge >= 0.3 is 12.1 Å². The third-order valence-corrected chi connectivity index (χ3v) is 4.37. The molecule has 0 N–H and O–H groups in total. The van der Waals surface area contributed by atoms with Crippen LogP contribution < -0.4 is 0 Å². The molecule has 0 fully saturated rings. The maximum absolute atomic E-state index is 13.1. The first-order chi connectivity index (χ1) is 11.8. The molecule has 0 spiro atoms. The van der Waals surface area contributed by atoms with E-state index < -0.39 is 17.7 Å². The van der Waals surface area contributed by atoms with Gasteiger partial charge in [0.1, 0.15) is 5.65 Å². The van der Waals surface area contributed by atoms with Crippen LogP contribution in [0.5, 0.6) is 0 Å². The Balaban J connectivity index is 2.31. The lowest BCUT2D eigenvalue weighted by atomic mass is 10.1. The van der Waals surface area contributed by atoms with Crippen LogP contribution in [0.4, 0.5) is 13.2 Å². The first kappa shape index (κ1) is 17.7. The van der Waals surface area contributed by atoms with Crippen molar-refractivity contribution in [2.24, 2.45) is 0 Å². The predicted octanol–water partition coefficient (Wildman–Crippen LogP) is 4.80. The number of esters is 1. The summed E-state index contributed by atoms with van der Waals surface area (Å²) < 4.78 is 46.6. The number of halogens is 4. The van der Waals surface area contributed by atoms with E-state index >= 15 is 0 Å². The van der Waals surface area contributed by atoms with Crippen molar-refractivity contribution < 1.29 is 22.7 Å². The summed E-state index contributed by atoms with van der Waals surface area (Å²) in [5.74, 6) is -0.672. The van der Waals surface area contributed by atoms with Crippen molar-refractivity contribution in [2.45, 2.75) is 13.1 Å². The molecular weight excluding hydrogens is 448 g/mol. The average molecular weight is 460 g/mol. The van der Waals surface area contributed by atoms with Gasteiger partial charge in [0.25, 0.3) is 0 Å². The molecule has 0 aliphatic rings. The van der Waals surface area contributed by atoms with Gasteiger partial charge in [0.05, 0.1) is 21.6 Å². The molecular formula is C17H12F3IN2O2. The highest BCUT2D eigenvalue weighted by Gasteiger charge is 2.31. The lowest BCUT2D eigenvalue weighted by Crippen LogP contribution is -2.08. The van der Waals surface area contributed by atoms with Crippen LogP contribution in [-0.4, -0.2) is 22.0 Å². The monoisotopic (exact) mass is 460 g/mol. The molecule has 25 heavy (non-hydrogen) atoms. The number of benzene rings is 1. The number of carbonyl (C=O) groups excluding carboxylic acids is 1. The quantitative estimate of drug-likeness (QED) is 0.321. The van der Waals surface area contributed by atoms with E-state index in [0.29, 0.717) is 9.35 Å². The summed E-state index contributed by atoms with van der Waals surface area (Å²) in [5, 5.41) is 0. The van der Waals surface area contributed by atoms with Gasteiger partial charge in [-0.1, -0.05) is 18.2 Å². The lowest BCUT2D eigenvalue weighted by Gasteiger charge is -2.10. The SMILES string of the molecule is CCOC(=O)c1nc2cccc(I)n2c1-c1cccc(C(F)(F)F)c1. The van der Waals surface area contributed by atoms with Gasteiger partial charge < -0.3 is 4.74 Å². The van der Waals surface area contributed by atoms with Gasteiger partial charge in [0.2, 0.25) is 0 Å². The summed E-state index contributed by atoms with van der Waals surface area (Å²) in [6, 6.07) is 10.0. The number of carbonyl (C=O) groups is 1. The van der Waals surface area contributed by atoms with E-state index in [1.807, 2.05) is 22.6 Å². The number of imidazole rings is 1. The summed E-state index contributed by atoms with van der Waals surface area (Å²) in [4.78, 5) is 16.5. The number of pyridine rings is 1. The predicted molar refractivity (Wildman–Crippen MR) is 94.3 cm³/mol. The normalized spacial score (nSPS) is 11.7. The van der Waals surface area contributed by atoms with Gasteiger partial charge in [-0.25, -0.2) is 9.78 Å². The Hall–Kier alpha value is -2.10. The second kappa shape index (κ2) is 6.66. The number of aromatic nitrogens is 2. The molecule has 3 aromatic rings. The fourth-order valence-corrected chi connectivity index (χ4v) is 3.20. The fourth-order valence-electron chi connectivity index (χ4n) is 2.50. The number of ether oxygens (including phenoxy) is 1. The van der Waals surface area contributed by atoms with Crippen molar-refractivity contribution in [3.8, 4) is 11.3 Å². The molecule has 0 aliphatic carbocycles. The van der Waals surface area contributed by atoms with Crippen LogP contribution in [0.1, 0.15) is 23.0 Å². The Morgan fingerprint density at radius 1 is 1.24 bits per heavy atom. The van der Waals surface area contributed by atoms with E-state index in [2.05, 4.69) is 4.98 Å². The topological polar surface area (TPSA) is 43.6 Å². The molecule has 2 aromatic heterocycles. The zero-order valence-electron chi connectivity index (χ0n) is 13.0. The molecule has 0 bridgehead atoms. The van der Waals surface area contributed by atoms with Crippen LogP contribution in [0.3, 0.4) is 0 Å². The highest BCUT2D eigenvalue weighted by atomic mass is 127. The van der Waals surface area contributed by atoms with Crippen molar-refractivity contribution in [2.75, 3.05) is 6.61 Å². The van der Waals surface area contributed by atoms with E-state index in [1.165, 1.54) is 12.1 Å². The Bertz CT molecular complexity index is 951. The molecule has 1 aromatic carbocycles. The van der Waals surface area contributed by atoms with Crippen molar-refractivity contribution in [1.29, 1.82) is 0 Å². The van der Waals surface area contributed by atoms with E-state index in [-0.39, 0.29) is 23.6 Å². The molecule has 8 heteroatoms. The Labute approximate surface area is 154 Å². The molecule has 4 nitrogen and oxygen atoms in total. The van der Waals surface area contributed by atoms with Crippen molar-refractivity contribution in [1.82, 2.24) is 9.38 Å². The second-order valence-electron chi connectivity index (χ2n) is 5.15. The van der Waals surface area contributed by atoms with E-state index in [4.69, 9.17) is 4.74 Å². The molecule has 0 atom stereocenters. The standard InChI is InChI=1S/C17H12F3IN2O2/c1-2-25-16(24)14-15(23-12(21)7-4-8-13(23)22-14)10-5-3-6-11(9-10)17(18,19)20/h3-9H,2H2,1H3. The molecule has 0 radical (unpaired) electrons. The minimum absolute atomic E-state index is 0.00899. The van der Waals surface area contributed by atoms with Crippen LogP contribution in [0, 0.1) is 3.70 Å². The molecule has 0 unspecified atom stereocenters. The van der Waals surface area contributed by atoms with E-state index in [0.717, 1.165) is 12.1 Å². The van der Waals surface area contributed by atoms with Gasteiger partial charge in [-0.15, -0.1) is 0 Å². The van der Waals surface area contributed by atoms with Crippen LogP contribution in [0.2, 0.25) is 0 Å². The summed E-state index contributed by atoms with van der Waals surface area (Å²) in [7, 11) is 0. The van der Waals surface area contributed by atoms with Gasteiger partial charge in [-0.2, -0.15) is 13.2 Å². The number of hydrogen-bond acceptors (Lipinski definition) is 3. The highest BCUT2D eigenvalue weighted by Crippen LogP contribution is 2.34. The maximum Gasteiger partial charge on any atom is 0.416 e. The number of nitrogens with zero attached hydrogens (tertiary/aromatic N) is 2. The average Bonchev–Trinajstić information content (AvgIpc) is 2.95. The van der Waals surface area contributed by atoms with Gasteiger partial charge in [-0.05, 0) is 53.8 Å². The van der Waals surface area contributed by atoms with E-state index in [9.17, 15) is 18.0 Å². The number of hydrogen-bond donors (Lipinski definition) is 0. The number of fused-ring (bicyclic) bond motifs is 1. The third-order valence-electron chi connectivity index (χ3n) is 3.53. The highest BCUT2D eigenvalue weighted by molar-refractivity contribution is 14.1. The smallest absolute Gasteiger partial charge is 0.416 e. The van der Waals surface area contributed by atoms with Crippen molar-refractivity contribution >= 4 is 34.2 Å². The minimum atomic E-state index is -4.48. The molecule has 0 aliphatic heterocycles. The first-order valence-electron chi connectivity index (χ1n) is 7.34. The van der Waals surface area contributed by atoms with E-state index in [1.54, 1.807) is 29.5 Å². The number of rotatable bonds is 3. The van der Waals surface area contributed by atoms with Gasteiger partial charge in [0.15, 0.2) is 5.69 Å². The Morgan fingerprint density at radius 2 is 1.96 bits per heavy atom. The van der Waals surface area contributed by atoms with Crippen molar-refractivity contribution in [3.63, 3.8) is 0 Å². The summed E-state index contributed by atoms with van der Waals surface area (Å²) in [5.41, 5.74) is 0.187. The summed E-state index contributed by atoms with van der Waals surface area (Å²) in [6.45, 7) is 1.80. The second-order valence-corrected chi connectivity index (χ2v) is 6.26. The molecule has 0 amide bonds. The van der Waals surface area contributed by atoms with Crippen LogP contribution in [0.15, 0.2) is 42.5 Å². The lowest BCUT2D eigenvalue weighted by molar-refractivity contribution is -0.137. The zero-order valence-corrected chi connectivity index (χ0v) is 15.1. The fraction of sp³-hybridized carbons (Fsp3) is 0.176. The van der Waals surface area contributed by atoms with Crippen LogP contribution in [-0.2, 0) is 10.9 Å². The van der Waals surface area contributed by atoms with Gasteiger partial charge in [-0.3, -0.25) is 4.40 Å². The molecule has 130 valence electrons. The molecule has 0 saturated carbocycles. The van der Waals surface area contributed by atoms with Crippen LogP contribution >= 0.6 is 22.6 Å². The van der Waals surface area contributed by atoms with Crippen LogP contribution in [0.25, 0.3) is 16.9 Å². The molecule has 3 rings (SSSR count).